The fraction of sp³-hybridized carbons (Fsp3) is 0.500. The van der Waals surface area contributed by atoms with Gasteiger partial charge in [-0.25, -0.2) is 4.79 Å². The number of methoxy groups -OCH3 is 1. The van der Waals surface area contributed by atoms with Crippen molar-refractivity contribution in [2.45, 2.75) is 32.2 Å². The SMILES string of the molecule is CCOc1ccccc1NC(=O)N1CC[C@@H](c2nc(C)no2)[C@@H](NC(=O)COC)C1. The van der Waals surface area contributed by atoms with E-state index in [0.717, 1.165) is 0 Å². The van der Waals surface area contributed by atoms with Crippen LogP contribution in [0, 0.1) is 6.92 Å². The van der Waals surface area contributed by atoms with E-state index in [4.69, 9.17) is 14.0 Å². The molecule has 1 aliphatic rings. The number of carbonyl (C=O) groups is 2. The molecule has 0 bridgehead atoms. The molecule has 1 aliphatic heterocycles. The van der Waals surface area contributed by atoms with Gasteiger partial charge in [0.1, 0.15) is 12.4 Å². The average molecular weight is 417 g/mol. The van der Waals surface area contributed by atoms with Gasteiger partial charge >= 0.3 is 6.03 Å². The number of rotatable bonds is 7. The van der Waals surface area contributed by atoms with E-state index in [9.17, 15) is 9.59 Å². The van der Waals surface area contributed by atoms with Gasteiger partial charge in [-0.3, -0.25) is 4.79 Å². The lowest BCUT2D eigenvalue weighted by atomic mass is 9.91. The zero-order chi connectivity index (χ0) is 21.5. The summed E-state index contributed by atoms with van der Waals surface area (Å²) in [7, 11) is 1.45. The number of benzene rings is 1. The molecule has 2 aromatic rings. The predicted molar refractivity (Wildman–Crippen MR) is 108 cm³/mol. The highest BCUT2D eigenvalue weighted by molar-refractivity contribution is 5.91. The third-order valence-electron chi connectivity index (χ3n) is 4.81. The molecule has 2 heterocycles. The van der Waals surface area contributed by atoms with E-state index >= 15 is 0 Å². The number of nitrogens with one attached hydrogen (secondary N) is 2. The topological polar surface area (TPSA) is 119 Å². The fourth-order valence-corrected chi connectivity index (χ4v) is 3.47. The fourth-order valence-electron chi connectivity index (χ4n) is 3.47. The Morgan fingerprint density at radius 2 is 2.13 bits per heavy atom. The van der Waals surface area contributed by atoms with Gasteiger partial charge in [0.15, 0.2) is 5.82 Å². The van der Waals surface area contributed by atoms with E-state index in [1.54, 1.807) is 24.0 Å². The maximum Gasteiger partial charge on any atom is 0.322 e. The minimum Gasteiger partial charge on any atom is -0.492 e. The number of aromatic nitrogens is 2. The van der Waals surface area contributed by atoms with Crippen LogP contribution in [-0.4, -0.2) is 66.4 Å². The molecule has 0 radical (unpaired) electrons. The molecular formula is C20H27N5O5. The largest absolute Gasteiger partial charge is 0.492 e. The Morgan fingerprint density at radius 1 is 1.33 bits per heavy atom. The minimum atomic E-state index is -0.380. The number of hydrogen-bond donors (Lipinski definition) is 2. The summed E-state index contributed by atoms with van der Waals surface area (Å²) in [5, 5.41) is 9.66. The molecule has 3 amide bonds. The maximum atomic E-state index is 12.9. The standard InChI is InChI=1S/C20H27N5O5/c1-4-29-17-8-6-5-7-15(17)23-20(27)25-10-9-14(19-21-13(2)24-30-19)16(11-25)22-18(26)12-28-3/h5-8,14,16H,4,9-12H2,1-3H3,(H,22,26)(H,23,27)/t14-,16+/m1/s1. The quantitative estimate of drug-likeness (QED) is 0.706. The molecule has 1 aromatic carbocycles. The predicted octanol–water partition coefficient (Wildman–Crippen LogP) is 1.93. The molecule has 1 saturated heterocycles. The van der Waals surface area contributed by atoms with Crippen LogP contribution in [0.15, 0.2) is 28.8 Å². The Bertz CT molecular complexity index is 871. The average Bonchev–Trinajstić information content (AvgIpc) is 3.16. The van der Waals surface area contributed by atoms with Crippen molar-refractivity contribution in [3.8, 4) is 5.75 Å². The zero-order valence-electron chi connectivity index (χ0n) is 17.4. The number of piperidine rings is 1. The Kier molecular flexibility index (Phi) is 7.23. The van der Waals surface area contributed by atoms with Crippen molar-refractivity contribution in [2.75, 3.05) is 38.7 Å². The number of aryl methyl sites for hydroxylation is 1. The van der Waals surface area contributed by atoms with Crippen molar-refractivity contribution in [1.29, 1.82) is 0 Å². The molecule has 1 aromatic heterocycles. The van der Waals surface area contributed by atoms with Crippen LogP contribution < -0.4 is 15.4 Å². The van der Waals surface area contributed by atoms with E-state index in [1.807, 2.05) is 19.1 Å². The number of carbonyl (C=O) groups excluding carboxylic acids is 2. The number of hydrogen-bond acceptors (Lipinski definition) is 7. The second-order valence-electron chi connectivity index (χ2n) is 6.99. The smallest absolute Gasteiger partial charge is 0.322 e. The maximum absolute atomic E-state index is 12.9. The number of urea groups is 1. The second kappa shape index (κ2) is 10.1. The number of anilines is 1. The second-order valence-corrected chi connectivity index (χ2v) is 6.99. The van der Waals surface area contributed by atoms with Crippen LogP contribution in [0.25, 0.3) is 0 Å². The van der Waals surface area contributed by atoms with Crippen molar-refractivity contribution in [3.63, 3.8) is 0 Å². The van der Waals surface area contributed by atoms with Crippen molar-refractivity contribution >= 4 is 17.6 Å². The van der Waals surface area contributed by atoms with Crippen LogP contribution >= 0.6 is 0 Å². The summed E-state index contributed by atoms with van der Waals surface area (Å²) in [6.07, 6.45) is 0.570. The van der Waals surface area contributed by atoms with Gasteiger partial charge in [0.2, 0.25) is 11.8 Å². The van der Waals surface area contributed by atoms with Crippen LogP contribution in [-0.2, 0) is 9.53 Å². The molecule has 0 saturated carbocycles. The Morgan fingerprint density at radius 3 is 2.83 bits per heavy atom. The number of amides is 3. The summed E-state index contributed by atoms with van der Waals surface area (Å²) in [6.45, 7) is 4.82. The molecule has 0 spiro atoms. The van der Waals surface area contributed by atoms with Crippen LogP contribution in [0.3, 0.4) is 0 Å². The first-order valence-electron chi connectivity index (χ1n) is 9.88. The Hall–Kier alpha value is -3.14. The van der Waals surface area contributed by atoms with E-state index in [1.165, 1.54) is 7.11 Å². The van der Waals surface area contributed by atoms with Gasteiger partial charge in [0.25, 0.3) is 0 Å². The third kappa shape index (κ3) is 5.26. The Balaban J connectivity index is 1.72. The van der Waals surface area contributed by atoms with Crippen molar-refractivity contribution in [2.24, 2.45) is 0 Å². The molecule has 3 rings (SSSR count). The lowest BCUT2D eigenvalue weighted by Gasteiger charge is -2.37. The van der Waals surface area contributed by atoms with Crippen LogP contribution in [0.5, 0.6) is 5.75 Å². The summed E-state index contributed by atoms with van der Waals surface area (Å²) in [4.78, 5) is 31.0. The molecule has 2 atom stereocenters. The number of nitrogens with zero attached hydrogens (tertiary/aromatic N) is 3. The lowest BCUT2D eigenvalue weighted by molar-refractivity contribution is -0.126. The highest BCUT2D eigenvalue weighted by Gasteiger charge is 2.36. The summed E-state index contributed by atoms with van der Waals surface area (Å²) in [6, 6.07) is 6.62. The van der Waals surface area contributed by atoms with Crippen molar-refractivity contribution < 1.29 is 23.6 Å². The molecule has 162 valence electrons. The monoisotopic (exact) mass is 417 g/mol. The first-order chi connectivity index (χ1) is 14.5. The molecule has 10 heteroatoms. The van der Waals surface area contributed by atoms with Crippen molar-refractivity contribution in [1.82, 2.24) is 20.4 Å². The molecule has 10 nitrogen and oxygen atoms in total. The summed E-state index contributed by atoms with van der Waals surface area (Å²) < 4.78 is 15.8. The van der Waals surface area contributed by atoms with Gasteiger partial charge in [-0.1, -0.05) is 17.3 Å². The number of likely N-dealkylation sites (tertiary alicyclic amines) is 1. The summed E-state index contributed by atoms with van der Waals surface area (Å²) >= 11 is 0. The van der Waals surface area contributed by atoms with Gasteiger partial charge in [0.05, 0.1) is 24.3 Å². The molecule has 1 fully saturated rings. The zero-order valence-corrected chi connectivity index (χ0v) is 17.4. The van der Waals surface area contributed by atoms with E-state index in [-0.39, 0.29) is 30.5 Å². The highest BCUT2D eigenvalue weighted by atomic mass is 16.5. The van der Waals surface area contributed by atoms with Crippen LogP contribution in [0.2, 0.25) is 0 Å². The normalized spacial score (nSPS) is 18.7. The molecule has 30 heavy (non-hydrogen) atoms. The Labute approximate surface area is 174 Å². The van der Waals surface area contributed by atoms with Gasteiger partial charge in [0, 0.05) is 20.2 Å². The van der Waals surface area contributed by atoms with Crippen LogP contribution in [0.4, 0.5) is 10.5 Å². The first kappa shape index (κ1) is 21.6. The highest BCUT2D eigenvalue weighted by Crippen LogP contribution is 2.29. The van der Waals surface area contributed by atoms with Crippen LogP contribution in [0.1, 0.15) is 31.0 Å². The van der Waals surface area contributed by atoms with Gasteiger partial charge in [-0.15, -0.1) is 0 Å². The number of para-hydroxylation sites is 2. The molecule has 0 unspecified atom stereocenters. The van der Waals surface area contributed by atoms with Gasteiger partial charge in [-0.2, -0.15) is 4.98 Å². The molecule has 2 N–H and O–H groups in total. The molecule has 0 aliphatic carbocycles. The summed E-state index contributed by atoms with van der Waals surface area (Å²) in [5.41, 5.74) is 0.596. The minimum absolute atomic E-state index is 0.0694. The van der Waals surface area contributed by atoms with Gasteiger partial charge in [-0.05, 0) is 32.4 Å². The molecular weight excluding hydrogens is 390 g/mol. The number of ether oxygens (including phenoxy) is 2. The van der Waals surface area contributed by atoms with E-state index < -0.39 is 0 Å². The van der Waals surface area contributed by atoms with Crippen molar-refractivity contribution in [3.05, 3.63) is 36.0 Å². The van der Waals surface area contributed by atoms with E-state index in [2.05, 4.69) is 20.8 Å². The summed E-state index contributed by atoms with van der Waals surface area (Å²) in [5.74, 6) is 1.13. The first-order valence-corrected chi connectivity index (χ1v) is 9.88. The lowest BCUT2D eigenvalue weighted by Crippen LogP contribution is -2.54. The third-order valence-corrected chi connectivity index (χ3v) is 4.81. The van der Waals surface area contributed by atoms with E-state index in [0.29, 0.717) is 49.3 Å². The van der Waals surface area contributed by atoms with Gasteiger partial charge < -0.3 is 29.5 Å².